The van der Waals surface area contributed by atoms with Gasteiger partial charge in [0.25, 0.3) is 0 Å². The van der Waals surface area contributed by atoms with E-state index in [1.807, 2.05) is 30.3 Å². The topological polar surface area (TPSA) is 79.3 Å². The summed E-state index contributed by atoms with van der Waals surface area (Å²) >= 11 is 0. The predicted molar refractivity (Wildman–Crippen MR) is 97.4 cm³/mol. The van der Waals surface area contributed by atoms with Gasteiger partial charge in [-0.1, -0.05) is 18.2 Å². The van der Waals surface area contributed by atoms with E-state index in [4.69, 9.17) is 5.11 Å². The minimum Gasteiger partial charge on any atom is -0.478 e. The van der Waals surface area contributed by atoms with E-state index in [2.05, 4.69) is 10.3 Å². The molecule has 0 unspecified atom stereocenters. The maximum Gasteiger partial charge on any atom is 0.337 e. The molecule has 2 aromatic carbocycles. The van der Waals surface area contributed by atoms with Crippen molar-refractivity contribution in [3.05, 3.63) is 77.7 Å². The number of rotatable bonds is 4. The number of hydrogen-bond donors (Lipinski definition) is 2. The van der Waals surface area contributed by atoms with Crippen molar-refractivity contribution in [3.63, 3.8) is 0 Å². The van der Waals surface area contributed by atoms with Gasteiger partial charge in [-0.25, -0.2) is 9.18 Å². The molecule has 1 amide bonds. The molecule has 0 spiro atoms. The minimum absolute atomic E-state index is 0.0320. The molecular formula is C20H15FN2O3. The van der Waals surface area contributed by atoms with Gasteiger partial charge in [-0.3, -0.25) is 9.78 Å². The van der Waals surface area contributed by atoms with Crippen LogP contribution >= 0.6 is 0 Å². The van der Waals surface area contributed by atoms with E-state index in [9.17, 15) is 14.0 Å². The van der Waals surface area contributed by atoms with Crippen LogP contribution < -0.4 is 5.32 Å². The van der Waals surface area contributed by atoms with Gasteiger partial charge in [0.2, 0.25) is 5.91 Å². The molecule has 3 rings (SSSR count). The fourth-order valence-electron chi connectivity index (χ4n) is 2.54. The predicted octanol–water partition coefficient (Wildman–Crippen LogP) is 4.11. The van der Waals surface area contributed by atoms with Crippen LogP contribution in [-0.4, -0.2) is 22.0 Å². The number of hydrogen-bond acceptors (Lipinski definition) is 3. The van der Waals surface area contributed by atoms with Crippen LogP contribution in [0.15, 0.2) is 60.8 Å². The van der Waals surface area contributed by atoms with E-state index in [1.54, 1.807) is 13.1 Å². The lowest BCUT2D eigenvalue weighted by atomic mass is 10.1. The molecule has 0 radical (unpaired) electrons. The standard InChI is InChI=1S/C20H15FN2O3/c1-12(14-9-13-4-2-3-5-17(13)22-11-14)8-19(24)23-18-7-6-15(21)10-16(18)20(25)26/h2-11H,1H3,(H,23,24)(H,25,26). The molecule has 0 aliphatic carbocycles. The molecule has 0 fully saturated rings. The lowest BCUT2D eigenvalue weighted by Gasteiger charge is -2.08. The number of carboxylic acid groups (broad SMARTS) is 1. The Labute approximate surface area is 148 Å². The number of pyridine rings is 1. The van der Waals surface area contributed by atoms with Crippen LogP contribution in [-0.2, 0) is 4.79 Å². The second-order valence-electron chi connectivity index (χ2n) is 5.73. The second-order valence-corrected chi connectivity index (χ2v) is 5.73. The number of carboxylic acids is 1. The van der Waals surface area contributed by atoms with Crippen LogP contribution in [0.5, 0.6) is 0 Å². The van der Waals surface area contributed by atoms with Crippen molar-refractivity contribution in [2.75, 3.05) is 5.32 Å². The zero-order chi connectivity index (χ0) is 18.7. The Morgan fingerprint density at radius 3 is 2.69 bits per heavy atom. The fourth-order valence-corrected chi connectivity index (χ4v) is 2.54. The summed E-state index contributed by atoms with van der Waals surface area (Å²) in [6.45, 7) is 1.76. The van der Waals surface area contributed by atoms with Crippen LogP contribution in [0, 0.1) is 5.82 Å². The third-order valence-electron chi connectivity index (χ3n) is 3.86. The number of allylic oxidation sites excluding steroid dienone is 1. The normalized spacial score (nSPS) is 11.4. The number of amides is 1. The van der Waals surface area contributed by atoms with E-state index < -0.39 is 17.7 Å². The SMILES string of the molecule is CC(=CC(=O)Nc1ccc(F)cc1C(=O)O)c1cnc2ccccc2c1. The molecule has 0 saturated carbocycles. The monoisotopic (exact) mass is 350 g/mol. The number of carbonyl (C=O) groups is 2. The summed E-state index contributed by atoms with van der Waals surface area (Å²) in [7, 11) is 0. The van der Waals surface area contributed by atoms with Crippen molar-refractivity contribution in [2.24, 2.45) is 0 Å². The highest BCUT2D eigenvalue weighted by Gasteiger charge is 2.13. The molecule has 130 valence electrons. The van der Waals surface area contributed by atoms with Gasteiger partial charge >= 0.3 is 5.97 Å². The summed E-state index contributed by atoms with van der Waals surface area (Å²) in [5.41, 5.74) is 2.02. The van der Waals surface area contributed by atoms with E-state index in [0.29, 0.717) is 5.57 Å². The van der Waals surface area contributed by atoms with Crippen molar-refractivity contribution in [1.29, 1.82) is 0 Å². The first kappa shape index (κ1) is 17.3. The molecule has 1 aromatic heterocycles. The van der Waals surface area contributed by atoms with Crippen LogP contribution in [0.3, 0.4) is 0 Å². The number of nitrogens with one attached hydrogen (secondary N) is 1. The third kappa shape index (κ3) is 3.75. The summed E-state index contributed by atoms with van der Waals surface area (Å²) in [5.74, 6) is -2.52. The average molecular weight is 350 g/mol. The number of halogens is 1. The van der Waals surface area contributed by atoms with Gasteiger partial charge in [0, 0.05) is 17.7 Å². The highest BCUT2D eigenvalue weighted by molar-refractivity contribution is 6.07. The van der Waals surface area contributed by atoms with Crippen LogP contribution in [0.4, 0.5) is 10.1 Å². The molecule has 0 saturated heterocycles. The number of benzene rings is 2. The van der Waals surface area contributed by atoms with E-state index >= 15 is 0 Å². The Balaban J connectivity index is 1.85. The second kappa shape index (κ2) is 7.14. The maximum absolute atomic E-state index is 13.2. The van der Waals surface area contributed by atoms with Crippen molar-refractivity contribution < 1.29 is 19.1 Å². The van der Waals surface area contributed by atoms with Crippen LogP contribution in [0.2, 0.25) is 0 Å². The molecule has 5 nitrogen and oxygen atoms in total. The Morgan fingerprint density at radius 1 is 1.15 bits per heavy atom. The first-order valence-corrected chi connectivity index (χ1v) is 7.81. The zero-order valence-electron chi connectivity index (χ0n) is 13.9. The van der Waals surface area contributed by atoms with E-state index in [0.717, 1.165) is 28.6 Å². The van der Waals surface area contributed by atoms with Gasteiger partial charge in [-0.05, 0) is 48.4 Å². The Bertz CT molecular complexity index is 1040. The first-order valence-electron chi connectivity index (χ1n) is 7.81. The minimum atomic E-state index is -1.32. The molecule has 3 aromatic rings. The molecule has 2 N–H and O–H groups in total. The van der Waals surface area contributed by atoms with E-state index in [1.165, 1.54) is 12.1 Å². The quantitative estimate of drug-likeness (QED) is 0.694. The number of fused-ring (bicyclic) bond motifs is 1. The number of para-hydroxylation sites is 1. The molecule has 0 aliphatic rings. The van der Waals surface area contributed by atoms with Gasteiger partial charge < -0.3 is 10.4 Å². The van der Waals surface area contributed by atoms with Crippen LogP contribution in [0.25, 0.3) is 16.5 Å². The van der Waals surface area contributed by atoms with Crippen LogP contribution in [0.1, 0.15) is 22.8 Å². The van der Waals surface area contributed by atoms with Crippen molar-refractivity contribution in [3.8, 4) is 0 Å². The van der Waals surface area contributed by atoms with Crippen molar-refractivity contribution >= 4 is 34.0 Å². The largest absolute Gasteiger partial charge is 0.478 e. The lowest BCUT2D eigenvalue weighted by molar-refractivity contribution is -0.111. The highest BCUT2D eigenvalue weighted by Crippen LogP contribution is 2.20. The van der Waals surface area contributed by atoms with Crippen molar-refractivity contribution in [2.45, 2.75) is 6.92 Å². The Hall–Kier alpha value is -3.54. The Kier molecular flexibility index (Phi) is 4.75. The molecule has 1 heterocycles. The smallest absolute Gasteiger partial charge is 0.337 e. The Morgan fingerprint density at radius 2 is 1.92 bits per heavy atom. The van der Waals surface area contributed by atoms with Crippen molar-refractivity contribution in [1.82, 2.24) is 4.98 Å². The van der Waals surface area contributed by atoms with Gasteiger partial charge in [-0.2, -0.15) is 0 Å². The molecular weight excluding hydrogens is 335 g/mol. The van der Waals surface area contributed by atoms with E-state index in [-0.39, 0.29) is 11.3 Å². The summed E-state index contributed by atoms with van der Waals surface area (Å²) < 4.78 is 13.2. The highest BCUT2D eigenvalue weighted by atomic mass is 19.1. The molecule has 0 atom stereocenters. The van der Waals surface area contributed by atoms with Gasteiger partial charge in [0.1, 0.15) is 5.82 Å². The number of aromatic nitrogens is 1. The number of nitrogens with zero attached hydrogens (tertiary/aromatic N) is 1. The van der Waals surface area contributed by atoms with Gasteiger partial charge in [-0.15, -0.1) is 0 Å². The molecule has 0 bridgehead atoms. The summed E-state index contributed by atoms with van der Waals surface area (Å²) in [4.78, 5) is 27.8. The van der Waals surface area contributed by atoms with Gasteiger partial charge in [0.15, 0.2) is 0 Å². The number of aromatic carboxylic acids is 1. The molecule has 0 aliphatic heterocycles. The molecule has 6 heteroatoms. The average Bonchev–Trinajstić information content (AvgIpc) is 2.62. The number of carbonyl (C=O) groups excluding carboxylic acids is 1. The zero-order valence-corrected chi connectivity index (χ0v) is 13.9. The summed E-state index contributed by atoms with van der Waals surface area (Å²) in [6, 6.07) is 12.7. The lowest BCUT2D eigenvalue weighted by Crippen LogP contribution is -2.12. The first-order chi connectivity index (χ1) is 12.4. The summed E-state index contributed by atoms with van der Waals surface area (Å²) in [5, 5.41) is 12.5. The maximum atomic E-state index is 13.2. The summed E-state index contributed by atoms with van der Waals surface area (Å²) in [6.07, 6.45) is 3.02. The van der Waals surface area contributed by atoms with Gasteiger partial charge in [0.05, 0.1) is 16.8 Å². The third-order valence-corrected chi connectivity index (χ3v) is 3.86. The fraction of sp³-hybridized carbons (Fsp3) is 0.0500. The number of anilines is 1. The molecule has 26 heavy (non-hydrogen) atoms.